The second kappa shape index (κ2) is 7.29. The molecule has 0 saturated heterocycles. The van der Waals surface area contributed by atoms with Gasteiger partial charge in [0.25, 0.3) is 6.47 Å². The van der Waals surface area contributed by atoms with Crippen LogP contribution in [0.4, 0.5) is 0 Å². The lowest BCUT2D eigenvalue weighted by atomic mass is 9.92. The molecule has 1 atom stereocenters. The number of hydrogen-bond donors (Lipinski definition) is 1. The van der Waals surface area contributed by atoms with Gasteiger partial charge < -0.3 is 14.2 Å². The number of hydrogen-bond acceptors (Lipinski definition) is 8. The van der Waals surface area contributed by atoms with E-state index >= 15 is 0 Å². The van der Waals surface area contributed by atoms with Crippen molar-refractivity contribution in [1.82, 2.24) is 20.2 Å². The molecule has 2 aromatic heterocycles. The van der Waals surface area contributed by atoms with Crippen molar-refractivity contribution in [3.8, 4) is 17.4 Å². The molecular formula is C16H18N4O5. The Bertz CT molecular complexity index is 789. The minimum Gasteiger partial charge on any atom is -0.467 e. The van der Waals surface area contributed by atoms with Crippen molar-refractivity contribution in [2.75, 3.05) is 13.7 Å². The first-order valence-electron chi connectivity index (χ1n) is 7.84. The molecule has 0 amide bonds. The highest BCUT2D eigenvalue weighted by molar-refractivity contribution is 5.67. The van der Waals surface area contributed by atoms with Gasteiger partial charge in [-0.2, -0.15) is 10.1 Å². The number of carbonyl (C=O) groups is 2. The van der Waals surface area contributed by atoms with Crippen molar-refractivity contribution in [2.45, 2.75) is 32.3 Å². The molecule has 1 aliphatic carbocycles. The minimum atomic E-state index is -0.571. The van der Waals surface area contributed by atoms with Crippen LogP contribution in [0.1, 0.15) is 36.3 Å². The number of methoxy groups -OCH3 is 1. The largest absolute Gasteiger partial charge is 0.467 e. The van der Waals surface area contributed by atoms with E-state index < -0.39 is 6.10 Å². The van der Waals surface area contributed by atoms with Crippen LogP contribution in [0.25, 0.3) is 11.4 Å². The SMILES string of the molecule is COc1ncc2c(n1)-c1n[nH]c(C(CCOC(C)=O)OC=O)c1CC2. The number of aryl methyl sites for hydroxylation is 1. The zero-order valence-electron chi connectivity index (χ0n) is 13.9. The van der Waals surface area contributed by atoms with Gasteiger partial charge in [-0.1, -0.05) is 0 Å². The van der Waals surface area contributed by atoms with E-state index in [1.807, 2.05) is 0 Å². The summed E-state index contributed by atoms with van der Waals surface area (Å²) in [6.07, 6.45) is 2.97. The van der Waals surface area contributed by atoms with Crippen LogP contribution in [0.15, 0.2) is 6.20 Å². The summed E-state index contributed by atoms with van der Waals surface area (Å²) in [5, 5.41) is 7.29. The van der Waals surface area contributed by atoms with E-state index in [0.717, 1.165) is 24.0 Å². The zero-order valence-corrected chi connectivity index (χ0v) is 13.9. The van der Waals surface area contributed by atoms with Crippen LogP contribution in [0, 0.1) is 0 Å². The Hall–Kier alpha value is -2.97. The fraction of sp³-hybridized carbons (Fsp3) is 0.438. The molecule has 9 heteroatoms. The summed E-state index contributed by atoms with van der Waals surface area (Å²) in [7, 11) is 1.50. The molecule has 1 N–H and O–H groups in total. The maximum Gasteiger partial charge on any atom is 0.316 e. The van der Waals surface area contributed by atoms with Crippen LogP contribution >= 0.6 is 0 Å². The fourth-order valence-corrected chi connectivity index (χ4v) is 2.89. The summed E-state index contributed by atoms with van der Waals surface area (Å²) < 4.78 is 15.2. The summed E-state index contributed by atoms with van der Waals surface area (Å²) in [6, 6.07) is 0.270. The van der Waals surface area contributed by atoms with Gasteiger partial charge >= 0.3 is 12.0 Å². The monoisotopic (exact) mass is 346 g/mol. The Labute approximate surface area is 143 Å². The van der Waals surface area contributed by atoms with Crippen LogP contribution in [0.3, 0.4) is 0 Å². The van der Waals surface area contributed by atoms with Crippen molar-refractivity contribution in [1.29, 1.82) is 0 Å². The van der Waals surface area contributed by atoms with E-state index in [-0.39, 0.29) is 18.6 Å². The highest BCUT2D eigenvalue weighted by Crippen LogP contribution is 2.36. The van der Waals surface area contributed by atoms with Crippen LogP contribution in [-0.4, -0.2) is 46.3 Å². The number of esters is 1. The molecule has 0 saturated carbocycles. The molecule has 2 heterocycles. The maximum atomic E-state index is 10.9. The molecule has 0 aromatic carbocycles. The van der Waals surface area contributed by atoms with E-state index in [1.165, 1.54) is 14.0 Å². The third-order valence-electron chi connectivity index (χ3n) is 4.02. The molecule has 9 nitrogen and oxygen atoms in total. The molecular weight excluding hydrogens is 328 g/mol. The first kappa shape index (κ1) is 16.9. The lowest BCUT2D eigenvalue weighted by molar-refractivity contribution is -0.142. The second-order valence-corrected chi connectivity index (χ2v) is 5.54. The summed E-state index contributed by atoms with van der Waals surface area (Å²) >= 11 is 0. The Kier molecular flexibility index (Phi) is 4.92. The van der Waals surface area contributed by atoms with Gasteiger partial charge in [0.15, 0.2) is 0 Å². The Morgan fingerprint density at radius 1 is 1.40 bits per heavy atom. The number of rotatable bonds is 7. The van der Waals surface area contributed by atoms with E-state index in [4.69, 9.17) is 14.2 Å². The quantitative estimate of drug-likeness (QED) is 0.586. The first-order chi connectivity index (χ1) is 12.1. The number of carbonyl (C=O) groups excluding carboxylic acids is 2. The average Bonchev–Trinajstić information content (AvgIpc) is 3.04. The van der Waals surface area contributed by atoms with Crippen molar-refractivity contribution in [3.63, 3.8) is 0 Å². The normalized spacial score (nSPS) is 13.4. The number of nitrogens with zero attached hydrogens (tertiary/aromatic N) is 3. The van der Waals surface area contributed by atoms with Crippen molar-refractivity contribution >= 4 is 12.4 Å². The van der Waals surface area contributed by atoms with Crippen LogP contribution in [0.2, 0.25) is 0 Å². The molecule has 1 aliphatic rings. The Morgan fingerprint density at radius 2 is 2.24 bits per heavy atom. The van der Waals surface area contributed by atoms with Gasteiger partial charge in [-0.3, -0.25) is 14.7 Å². The summed E-state index contributed by atoms with van der Waals surface area (Å²) in [5.41, 5.74) is 4.02. The highest BCUT2D eigenvalue weighted by atomic mass is 16.5. The molecule has 0 aliphatic heterocycles. The molecule has 0 radical (unpaired) electrons. The molecule has 0 spiro atoms. The highest BCUT2D eigenvalue weighted by Gasteiger charge is 2.28. The van der Waals surface area contributed by atoms with E-state index in [2.05, 4.69) is 20.2 Å². The molecule has 1 unspecified atom stereocenters. The molecule has 3 rings (SSSR count). The first-order valence-corrected chi connectivity index (χ1v) is 7.84. The van der Waals surface area contributed by atoms with Crippen molar-refractivity contribution in [3.05, 3.63) is 23.0 Å². The standard InChI is InChI=1S/C16H18N4O5/c1-9(22)24-6-5-12(25-8-21)14-11-4-3-10-7-17-16(23-2)18-13(10)15(11)20-19-14/h7-8,12H,3-6H2,1-2H3,(H,19,20). The fourth-order valence-electron chi connectivity index (χ4n) is 2.89. The number of nitrogens with one attached hydrogen (secondary N) is 1. The predicted molar refractivity (Wildman–Crippen MR) is 84.7 cm³/mol. The van der Waals surface area contributed by atoms with E-state index in [0.29, 0.717) is 30.0 Å². The van der Waals surface area contributed by atoms with Gasteiger partial charge in [-0.05, 0) is 18.4 Å². The average molecular weight is 346 g/mol. The molecule has 132 valence electrons. The third-order valence-corrected chi connectivity index (χ3v) is 4.02. The number of H-pyrrole nitrogens is 1. The van der Waals surface area contributed by atoms with Gasteiger partial charge in [-0.15, -0.1) is 0 Å². The summed E-state index contributed by atoms with van der Waals surface area (Å²) in [4.78, 5) is 30.3. The second-order valence-electron chi connectivity index (χ2n) is 5.54. The van der Waals surface area contributed by atoms with Gasteiger partial charge in [-0.25, -0.2) is 4.98 Å². The van der Waals surface area contributed by atoms with Crippen LogP contribution < -0.4 is 4.74 Å². The summed E-state index contributed by atoms with van der Waals surface area (Å²) in [6.45, 7) is 1.86. The van der Waals surface area contributed by atoms with Gasteiger partial charge in [0.1, 0.15) is 17.5 Å². The molecule has 2 aromatic rings. The van der Waals surface area contributed by atoms with E-state index in [9.17, 15) is 9.59 Å². The minimum absolute atomic E-state index is 0.147. The lowest BCUT2D eigenvalue weighted by Crippen LogP contribution is -2.13. The topological polar surface area (TPSA) is 116 Å². The summed E-state index contributed by atoms with van der Waals surface area (Å²) in [5.74, 6) is -0.380. The zero-order chi connectivity index (χ0) is 17.8. The van der Waals surface area contributed by atoms with Gasteiger partial charge in [0.05, 0.1) is 19.4 Å². The number of ether oxygens (including phenoxy) is 3. The Balaban J connectivity index is 1.90. The van der Waals surface area contributed by atoms with Gasteiger partial charge in [0, 0.05) is 25.1 Å². The van der Waals surface area contributed by atoms with Crippen molar-refractivity contribution in [2.24, 2.45) is 0 Å². The number of fused-ring (bicyclic) bond motifs is 3. The Morgan fingerprint density at radius 3 is 2.96 bits per heavy atom. The molecule has 0 fully saturated rings. The predicted octanol–water partition coefficient (Wildman–Crippen LogP) is 1.14. The van der Waals surface area contributed by atoms with E-state index in [1.54, 1.807) is 6.20 Å². The maximum absolute atomic E-state index is 10.9. The number of aromatic nitrogens is 4. The lowest BCUT2D eigenvalue weighted by Gasteiger charge is -2.18. The third kappa shape index (κ3) is 3.44. The van der Waals surface area contributed by atoms with Crippen molar-refractivity contribution < 1.29 is 23.8 Å². The van der Waals surface area contributed by atoms with Crippen LogP contribution in [-0.2, 0) is 31.9 Å². The molecule has 0 bridgehead atoms. The molecule has 25 heavy (non-hydrogen) atoms. The number of aromatic amines is 1. The van der Waals surface area contributed by atoms with Crippen LogP contribution in [0.5, 0.6) is 6.01 Å². The smallest absolute Gasteiger partial charge is 0.316 e. The van der Waals surface area contributed by atoms with Gasteiger partial charge in [0.2, 0.25) is 0 Å².